The van der Waals surface area contributed by atoms with Crippen LogP contribution < -0.4 is 0 Å². The van der Waals surface area contributed by atoms with Crippen LogP contribution in [0.4, 0.5) is 0 Å². The monoisotopic (exact) mass is 214 g/mol. The highest BCUT2D eigenvalue weighted by molar-refractivity contribution is 9.12. The first-order valence-corrected chi connectivity index (χ1v) is 4.68. The molecule has 0 aliphatic heterocycles. The molecule has 0 nitrogen and oxygen atoms in total. The van der Waals surface area contributed by atoms with E-state index in [4.69, 9.17) is 0 Å². The van der Waals surface area contributed by atoms with E-state index in [9.17, 15) is 0 Å². The summed E-state index contributed by atoms with van der Waals surface area (Å²) >= 11 is 4.82. The summed E-state index contributed by atoms with van der Waals surface area (Å²) in [6.45, 7) is 2.15. The van der Waals surface area contributed by atoms with Crippen LogP contribution in [0.25, 0.3) is 0 Å². The van der Waals surface area contributed by atoms with E-state index < -0.39 is 0 Å². The molecule has 0 radical (unpaired) electrons. The molecule has 1 aromatic heterocycles. The number of halogens is 1. The second-order valence-corrected chi connectivity index (χ2v) is 3.40. The molecule has 0 atom stereocenters. The van der Waals surface area contributed by atoms with Crippen LogP contribution >= 0.6 is 27.3 Å². The maximum absolute atomic E-state index is 3.06. The molecule has 0 amide bonds. The van der Waals surface area contributed by atoms with E-state index in [1.54, 1.807) is 11.3 Å². The maximum atomic E-state index is 3.06. The Balaban J connectivity index is 2.84. The van der Waals surface area contributed by atoms with Gasteiger partial charge >= 0.3 is 0 Å². The van der Waals surface area contributed by atoms with E-state index in [-0.39, 0.29) is 0 Å². The van der Waals surface area contributed by atoms with Gasteiger partial charge in [0.1, 0.15) is 0 Å². The van der Waals surface area contributed by atoms with Gasteiger partial charge in [0, 0.05) is 20.8 Å². The molecular formula is C8H7BrS. The lowest BCUT2D eigenvalue weighted by Crippen LogP contribution is -1.63. The third kappa shape index (κ3) is 1.86. The number of thiophene rings is 1. The molecule has 0 aromatic carbocycles. The van der Waals surface area contributed by atoms with Crippen molar-refractivity contribution < 1.29 is 0 Å². The molecule has 2 heteroatoms. The Bertz CT molecular complexity index is 264. The summed E-state index contributed by atoms with van der Waals surface area (Å²) in [5.41, 5.74) is 0. The van der Waals surface area contributed by atoms with E-state index in [1.807, 2.05) is 0 Å². The van der Waals surface area contributed by atoms with Crippen LogP contribution in [0.3, 0.4) is 0 Å². The fourth-order valence-electron chi connectivity index (χ4n) is 0.682. The predicted molar refractivity (Wildman–Crippen MR) is 49.5 cm³/mol. The molecule has 0 fully saturated rings. The van der Waals surface area contributed by atoms with Crippen molar-refractivity contribution in [3.05, 3.63) is 21.9 Å². The quantitative estimate of drug-likeness (QED) is 0.631. The molecule has 0 spiro atoms. The highest BCUT2D eigenvalue weighted by Gasteiger charge is 1.92. The number of rotatable bonds is 1. The zero-order chi connectivity index (χ0) is 7.40. The van der Waals surface area contributed by atoms with E-state index >= 15 is 0 Å². The van der Waals surface area contributed by atoms with Crippen LogP contribution in [-0.2, 0) is 6.42 Å². The van der Waals surface area contributed by atoms with Gasteiger partial charge in [0.15, 0.2) is 0 Å². The molecule has 0 aliphatic rings. The summed E-state index contributed by atoms with van der Waals surface area (Å²) < 4.78 is 0. The van der Waals surface area contributed by atoms with Crippen LogP contribution in [0.15, 0.2) is 12.1 Å². The molecule has 0 bridgehead atoms. The Morgan fingerprint density at radius 1 is 1.60 bits per heavy atom. The summed E-state index contributed by atoms with van der Waals surface area (Å²) in [5.74, 6) is 2.95. The summed E-state index contributed by atoms with van der Waals surface area (Å²) in [6.07, 6.45) is 1.11. The van der Waals surface area contributed by atoms with Crippen molar-refractivity contribution >= 4 is 27.3 Å². The van der Waals surface area contributed by atoms with Crippen LogP contribution in [-0.4, -0.2) is 0 Å². The van der Waals surface area contributed by atoms with Gasteiger partial charge in [-0.25, -0.2) is 0 Å². The lowest BCUT2D eigenvalue weighted by molar-refractivity contribution is 1.19. The molecule has 0 aliphatic carbocycles. The molecule has 0 saturated heterocycles. The van der Waals surface area contributed by atoms with Gasteiger partial charge in [-0.1, -0.05) is 6.92 Å². The Labute approximate surface area is 73.4 Å². The Kier molecular flexibility index (Phi) is 2.98. The Morgan fingerprint density at radius 2 is 2.40 bits per heavy atom. The van der Waals surface area contributed by atoms with Crippen molar-refractivity contribution in [2.75, 3.05) is 0 Å². The van der Waals surface area contributed by atoms with Crippen molar-refractivity contribution in [2.45, 2.75) is 13.3 Å². The van der Waals surface area contributed by atoms with Crippen molar-refractivity contribution in [1.29, 1.82) is 0 Å². The first-order chi connectivity index (χ1) is 4.86. The highest BCUT2D eigenvalue weighted by Crippen LogP contribution is 2.15. The molecule has 1 aromatic rings. The summed E-state index contributed by atoms with van der Waals surface area (Å²) in [5, 5.41) is 0. The minimum absolute atomic E-state index is 1.11. The van der Waals surface area contributed by atoms with Gasteiger partial charge in [-0.3, -0.25) is 0 Å². The second kappa shape index (κ2) is 3.80. The van der Waals surface area contributed by atoms with E-state index in [2.05, 4.69) is 45.7 Å². The third-order valence-corrected chi connectivity index (χ3v) is 2.52. The zero-order valence-corrected chi connectivity index (χ0v) is 8.05. The van der Waals surface area contributed by atoms with Gasteiger partial charge in [0.2, 0.25) is 0 Å². The molecular weight excluding hydrogens is 208 g/mol. The van der Waals surface area contributed by atoms with Crippen molar-refractivity contribution in [1.82, 2.24) is 0 Å². The van der Waals surface area contributed by atoms with Gasteiger partial charge in [0.05, 0.1) is 4.88 Å². The summed E-state index contributed by atoms with van der Waals surface area (Å²) in [6, 6.07) is 4.18. The fraction of sp³-hybridized carbons (Fsp3) is 0.250. The molecule has 1 heterocycles. The van der Waals surface area contributed by atoms with Gasteiger partial charge in [-0.05, 0) is 29.3 Å². The number of aryl methyl sites for hydroxylation is 1. The Hall–Kier alpha value is -0.260. The number of hydrogen-bond acceptors (Lipinski definition) is 1. The van der Waals surface area contributed by atoms with Crippen LogP contribution in [0.2, 0.25) is 0 Å². The predicted octanol–water partition coefficient (Wildman–Crippen LogP) is 3.01. The van der Waals surface area contributed by atoms with E-state index in [0.29, 0.717) is 0 Å². The van der Waals surface area contributed by atoms with E-state index in [1.165, 1.54) is 4.88 Å². The average Bonchev–Trinajstić information content (AvgIpc) is 2.37. The topological polar surface area (TPSA) is 0 Å². The zero-order valence-electron chi connectivity index (χ0n) is 5.65. The minimum Gasteiger partial charge on any atom is -0.132 e. The molecule has 1 rings (SSSR count). The Morgan fingerprint density at radius 3 is 2.90 bits per heavy atom. The van der Waals surface area contributed by atoms with Crippen molar-refractivity contribution in [3.8, 4) is 10.8 Å². The van der Waals surface area contributed by atoms with Crippen molar-refractivity contribution in [2.24, 2.45) is 0 Å². The minimum atomic E-state index is 1.11. The number of hydrogen-bond donors (Lipinski definition) is 0. The molecule has 0 saturated carbocycles. The van der Waals surface area contributed by atoms with Gasteiger partial charge in [-0.15, -0.1) is 11.3 Å². The van der Waals surface area contributed by atoms with Crippen molar-refractivity contribution in [3.63, 3.8) is 0 Å². The highest BCUT2D eigenvalue weighted by atomic mass is 79.9. The largest absolute Gasteiger partial charge is 0.132 e. The molecule has 52 valence electrons. The lowest BCUT2D eigenvalue weighted by atomic mass is 10.4. The molecule has 0 unspecified atom stereocenters. The summed E-state index contributed by atoms with van der Waals surface area (Å²) in [4.78, 5) is 5.22. The van der Waals surface area contributed by atoms with Gasteiger partial charge in [-0.2, -0.15) is 0 Å². The lowest BCUT2D eigenvalue weighted by Gasteiger charge is -1.80. The molecule has 0 N–H and O–H groups in total. The van der Waals surface area contributed by atoms with Crippen LogP contribution in [0.1, 0.15) is 16.7 Å². The fourth-order valence-corrected chi connectivity index (χ4v) is 1.83. The standard InChI is InChI=1S/C8H7BrS/c1-2-7-3-4-8(10-7)5-6-9/h3-4H,2H2,1H3. The van der Waals surface area contributed by atoms with Gasteiger partial charge in [0.25, 0.3) is 0 Å². The first kappa shape index (κ1) is 7.84. The normalized spacial score (nSPS) is 8.60. The first-order valence-electron chi connectivity index (χ1n) is 3.07. The third-order valence-electron chi connectivity index (χ3n) is 1.18. The maximum Gasteiger partial charge on any atom is 0.0780 e. The molecule has 10 heavy (non-hydrogen) atoms. The summed E-state index contributed by atoms with van der Waals surface area (Å²) in [7, 11) is 0. The SMILES string of the molecule is CCc1ccc(C#CBr)s1. The van der Waals surface area contributed by atoms with E-state index in [0.717, 1.165) is 11.3 Å². The van der Waals surface area contributed by atoms with Crippen LogP contribution in [0, 0.1) is 10.8 Å². The second-order valence-electron chi connectivity index (χ2n) is 1.84. The average molecular weight is 215 g/mol. The smallest absolute Gasteiger partial charge is 0.0780 e. The van der Waals surface area contributed by atoms with Crippen LogP contribution in [0.5, 0.6) is 0 Å². The van der Waals surface area contributed by atoms with Gasteiger partial charge < -0.3 is 0 Å².